The van der Waals surface area contributed by atoms with Gasteiger partial charge < -0.3 is 9.05 Å². The summed E-state index contributed by atoms with van der Waals surface area (Å²) in [5.41, 5.74) is 0.837. The first-order valence-electron chi connectivity index (χ1n) is 8.10. The van der Waals surface area contributed by atoms with Crippen LogP contribution in [0.1, 0.15) is 43.9 Å². The minimum absolute atomic E-state index is 0.0981. The largest absolute Gasteiger partial charge is 0.360 e. The van der Waals surface area contributed by atoms with Gasteiger partial charge in [0.1, 0.15) is 0 Å². The zero-order valence-corrected chi connectivity index (χ0v) is 14.4. The molecule has 0 N–H and O–H groups in total. The number of aromatic nitrogens is 3. The maximum absolute atomic E-state index is 5.36. The third kappa shape index (κ3) is 4.17. The van der Waals surface area contributed by atoms with E-state index in [0.29, 0.717) is 5.89 Å². The monoisotopic (exact) mass is 319 g/mol. The highest BCUT2D eigenvalue weighted by molar-refractivity contribution is 5.03. The van der Waals surface area contributed by atoms with Crippen LogP contribution in [0.3, 0.4) is 0 Å². The van der Waals surface area contributed by atoms with Crippen LogP contribution in [-0.4, -0.2) is 51.3 Å². The number of piperazine rings is 1. The molecule has 3 heterocycles. The van der Waals surface area contributed by atoms with Crippen LogP contribution in [0.4, 0.5) is 0 Å². The number of nitrogens with zero attached hydrogens (tertiary/aromatic N) is 5. The Morgan fingerprint density at radius 1 is 1.00 bits per heavy atom. The van der Waals surface area contributed by atoms with Crippen molar-refractivity contribution in [3.05, 3.63) is 29.2 Å². The highest BCUT2D eigenvalue weighted by Gasteiger charge is 2.24. The summed E-state index contributed by atoms with van der Waals surface area (Å²) >= 11 is 0. The third-order valence-electron chi connectivity index (χ3n) is 4.00. The highest BCUT2D eigenvalue weighted by atomic mass is 16.5. The van der Waals surface area contributed by atoms with Gasteiger partial charge in [0.25, 0.3) is 0 Å². The van der Waals surface area contributed by atoms with Crippen molar-refractivity contribution in [3.63, 3.8) is 0 Å². The van der Waals surface area contributed by atoms with Gasteiger partial charge in [0, 0.05) is 37.7 Å². The van der Waals surface area contributed by atoms with Gasteiger partial charge in [0.15, 0.2) is 11.6 Å². The molecule has 23 heavy (non-hydrogen) atoms. The second-order valence-electron chi connectivity index (χ2n) is 7.25. The predicted molar refractivity (Wildman–Crippen MR) is 84.8 cm³/mol. The minimum atomic E-state index is -0.0981. The van der Waals surface area contributed by atoms with Gasteiger partial charge in [-0.15, -0.1) is 0 Å². The standard InChI is InChI=1S/C16H25N5O2/c1-12-9-13(22-18-12)10-20-5-7-21(8-6-20)11-14-17-15(23-19-14)16(2,3)4/h9H,5-8,10-11H2,1-4H3. The molecule has 0 bridgehead atoms. The summed E-state index contributed by atoms with van der Waals surface area (Å²) in [6.45, 7) is 13.7. The summed E-state index contributed by atoms with van der Waals surface area (Å²) in [6, 6.07) is 2.00. The van der Waals surface area contributed by atoms with Crippen LogP contribution in [0.2, 0.25) is 0 Å². The Balaban J connectivity index is 1.48. The molecule has 1 aliphatic heterocycles. The Bertz CT molecular complexity index is 635. The van der Waals surface area contributed by atoms with Crippen LogP contribution >= 0.6 is 0 Å². The van der Waals surface area contributed by atoms with Gasteiger partial charge in [0.2, 0.25) is 5.89 Å². The molecule has 0 spiro atoms. The summed E-state index contributed by atoms with van der Waals surface area (Å²) < 4.78 is 10.6. The van der Waals surface area contributed by atoms with E-state index in [9.17, 15) is 0 Å². The van der Waals surface area contributed by atoms with Crippen LogP contribution in [-0.2, 0) is 18.5 Å². The van der Waals surface area contributed by atoms with E-state index < -0.39 is 0 Å². The van der Waals surface area contributed by atoms with Gasteiger partial charge in [-0.05, 0) is 6.92 Å². The first-order chi connectivity index (χ1) is 10.9. The molecule has 0 amide bonds. The van der Waals surface area contributed by atoms with Gasteiger partial charge in [-0.1, -0.05) is 31.1 Å². The summed E-state index contributed by atoms with van der Waals surface area (Å²) in [7, 11) is 0. The van der Waals surface area contributed by atoms with Gasteiger partial charge in [-0.2, -0.15) is 4.98 Å². The number of hydrogen-bond donors (Lipinski definition) is 0. The van der Waals surface area contributed by atoms with E-state index in [1.165, 1.54) is 0 Å². The molecule has 0 saturated carbocycles. The minimum Gasteiger partial charge on any atom is -0.360 e. The van der Waals surface area contributed by atoms with E-state index in [1.807, 2.05) is 13.0 Å². The number of aryl methyl sites for hydroxylation is 1. The van der Waals surface area contributed by atoms with Crippen molar-refractivity contribution in [2.24, 2.45) is 0 Å². The zero-order valence-electron chi connectivity index (χ0n) is 14.4. The highest BCUT2D eigenvalue weighted by Crippen LogP contribution is 2.20. The molecule has 7 heteroatoms. The second-order valence-corrected chi connectivity index (χ2v) is 7.25. The Morgan fingerprint density at radius 3 is 2.17 bits per heavy atom. The SMILES string of the molecule is Cc1cc(CN2CCN(Cc3noc(C(C)(C)C)n3)CC2)on1. The summed E-state index contributed by atoms with van der Waals surface area (Å²) in [4.78, 5) is 9.25. The fourth-order valence-corrected chi connectivity index (χ4v) is 2.64. The van der Waals surface area contributed by atoms with Crippen LogP contribution < -0.4 is 0 Å². The van der Waals surface area contributed by atoms with Crippen LogP contribution in [0.5, 0.6) is 0 Å². The average Bonchev–Trinajstić information content (AvgIpc) is 3.10. The zero-order chi connectivity index (χ0) is 16.4. The lowest BCUT2D eigenvalue weighted by Gasteiger charge is -2.33. The molecule has 1 saturated heterocycles. The molecule has 0 aliphatic carbocycles. The van der Waals surface area contributed by atoms with E-state index in [2.05, 4.69) is 45.9 Å². The topological polar surface area (TPSA) is 71.4 Å². The summed E-state index contributed by atoms with van der Waals surface area (Å²) in [5.74, 6) is 2.41. The van der Waals surface area contributed by atoms with Crippen molar-refractivity contribution in [2.75, 3.05) is 26.2 Å². The molecule has 3 rings (SSSR count). The second kappa shape index (κ2) is 6.41. The van der Waals surface area contributed by atoms with Gasteiger partial charge in [-0.25, -0.2) is 0 Å². The Hall–Kier alpha value is -1.73. The van der Waals surface area contributed by atoms with Gasteiger partial charge >= 0.3 is 0 Å². The molecular formula is C16H25N5O2. The fourth-order valence-electron chi connectivity index (χ4n) is 2.64. The number of hydrogen-bond acceptors (Lipinski definition) is 7. The molecular weight excluding hydrogens is 294 g/mol. The van der Waals surface area contributed by atoms with Crippen molar-refractivity contribution >= 4 is 0 Å². The Kier molecular flexibility index (Phi) is 4.50. The molecule has 0 aromatic carbocycles. The van der Waals surface area contributed by atoms with E-state index in [-0.39, 0.29) is 5.41 Å². The van der Waals surface area contributed by atoms with Crippen LogP contribution in [0.25, 0.3) is 0 Å². The van der Waals surface area contributed by atoms with Crippen LogP contribution in [0.15, 0.2) is 15.1 Å². The lowest BCUT2D eigenvalue weighted by Crippen LogP contribution is -2.45. The maximum Gasteiger partial charge on any atom is 0.232 e. The molecule has 1 aliphatic rings. The molecule has 2 aromatic heterocycles. The summed E-state index contributed by atoms with van der Waals surface area (Å²) in [5, 5.41) is 8.04. The smallest absolute Gasteiger partial charge is 0.232 e. The van der Waals surface area contributed by atoms with Crippen molar-refractivity contribution in [3.8, 4) is 0 Å². The first-order valence-corrected chi connectivity index (χ1v) is 8.10. The predicted octanol–water partition coefficient (Wildman–Crippen LogP) is 1.98. The molecule has 2 aromatic rings. The molecule has 0 radical (unpaired) electrons. The quantitative estimate of drug-likeness (QED) is 0.853. The summed E-state index contributed by atoms with van der Waals surface area (Å²) in [6.07, 6.45) is 0. The maximum atomic E-state index is 5.36. The van der Waals surface area contributed by atoms with Crippen molar-refractivity contribution in [2.45, 2.75) is 46.2 Å². The van der Waals surface area contributed by atoms with Gasteiger partial charge in [0.05, 0.1) is 18.8 Å². The third-order valence-corrected chi connectivity index (χ3v) is 4.00. The molecule has 126 valence electrons. The Labute approximate surface area is 136 Å². The molecule has 1 fully saturated rings. The van der Waals surface area contributed by atoms with E-state index >= 15 is 0 Å². The van der Waals surface area contributed by atoms with Crippen molar-refractivity contribution in [1.82, 2.24) is 25.1 Å². The normalized spacial score (nSPS) is 17.7. The Morgan fingerprint density at radius 2 is 1.65 bits per heavy atom. The van der Waals surface area contributed by atoms with Gasteiger partial charge in [-0.3, -0.25) is 9.80 Å². The lowest BCUT2D eigenvalue weighted by atomic mass is 9.97. The lowest BCUT2D eigenvalue weighted by molar-refractivity contribution is 0.111. The van der Waals surface area contributed by atoms with Crippen molar-refractivity contribution < 1.29 is 9.05 Å². The molecule has 7 nitrogen and oxygen atoms in total. The first kappa shape index (κ1) is 16.1. The average molecular weight is 319 g/mol. The van der Waals surface area contributed by atoms with E-state index in [4.69, 9.17) is 9.05 Å². The molecule has 0 atom stereocenters. The fraction of sp³-hybridized carbons (Fsp3) is 0.688. The molecule has 0 unspecified atom stereocenters. The van der Waals surface area contributed by atoms with Crippen LogP contribution in [0, 0.1) is 6.92 Å². The number of rotatable bonds is 4. The van der Waals surface area contributed by atoms with E-state index in [0.717, 1.165) is 56.5 Å². The van der Waals surface area contributed by atoms with E-state index in [1.54, 1.807) is 0 Å². The van der Waals surface area contributed by atoms with Crippen molar-refractivity contribution in [1.29, 1.82) is 0 Å².